The van der Waals surface area contributed by atoms with Gasteiger partial charge in [-0.3, -0.25) is 9.80 Å². The number of halogens is 1. The third kappa shape index (κ3) is 6.38. The van der Waals surface area contributed by atoms with Gasteiger partial charge in [0.1, 0.15) is 0 Å². The summed E-state index contributed by atoms with van der Waals surface area (Å²) >= 11 is 5.87. The number of β-amino-alcohol motifs (C(OH)–C–C–N with tert-alkyl or cyclic N) is 1. The fraction of sp³-hybridized carbons (Fsp3) is 0.429. The van der Waals surface area contributed by atoms with Gasteiger partial charge in [0, 0.05) is 44.3 Å². The van der Waals surface area contributed by atoms with Crippen LogP contribution in [0, 0.1) is 0 Å². The predicted octanol–water partition coefficient (Wildman–Crippen LogP) is 3.04. The first-order valence-electron chi connectivity index (χ1n) is 9.18. The molecule has 1 aliphatic rings. The Morgan fingerprint density at radius 3 is 2.23 bits per heavy atom. The van der Waals surface area contributed by atoms with Crippen LogP contribution in [-0.4, -0.2) is 60.3 Å². The van der Waals surface area contributed by atoms with Gasteiger partial charge in [-0.25, -0.2) is 0 Å². The van der Waals surface area contributed by atoms with Gasteiger partial charge in [0.05, 0.1) is 19.3 Å². The third-order valence-corrected chi connectivity index (χ3v) is 4.93. The van der Waals surface area contributed by atoms with E-state index in [4.69, 9.17) is 16.3 Å². The second-order valence-electron chi connectivity index (χ2n) is 6.86. The van der Waals surface area contributed by atoms with Crippen molar-refractivity contribution in [1.82, 2.24) is 9.80 Å². The van der Waals surface area contributed by atoms with Crippen LogP contribution in [0.25, 0.3) is 0 Å². The van der Waals surface area contributed by atoms with E-state index in [0.29, 0.717) is 19.8 Å². The standard InChI is InChI=1S/C21H27ClN2O2/c22-20-8-6-19(7-9-20)16-26-17-21(25)15-24-12-10-23(11-13-24)14-18-4-2-1-3-5-18/h1-9,21,25H,10-17H2. The van der Waals surface area contributed by atoms with Gasteiger partial charge in [-0.15, -0.1) is 0 Å². The minimum atomic E-state index is -0.456. The monoisotopic (exact) mass is 374 g/mol. The van der Waals surface area contributed by atoms with E-state index in [-0.39, 0.29) is 0 Å². The molecule has 0 aliphatic carbocycles. The molecule has 140 valence electrons. The number of benzene rings is 2. The molecule has 0 bridgehead atoms. The quantitative estimate of drug-likeness (QED) is 0.770. The van der Waals surface area contributed by atoms with E-state index in [0.717, 1.165) is 43.3 Å². The summed E-state index contributed by atoms with van der Waals surface area (Å²) in [5, 5.41) is 10.9. The molecule has 2 aromatic rings. The lowest BCUT2D eigenvalue weighted by Gasteiger charge is -2.35. The summed E-state index contributed by atoms with van der Waals surface area (Å²) in [5.74, 6) is 0. The molecule has 1 fully saturated rings. The molecule has 4 nitrogen and oxygen atoms in total. The highest BCUT2D eigenvalue weighted by molar-refractivity contribution is 6.30. The Morgan fingerprint density at radius 1 is 0.885 bits per heavy atom. The van der Waals surface area contributed by atoms with Crippen LogP contribution in [0.5, 0.6) is 0 Å². The number of ether oxygens (including phenoxy) is 1. The molecule has 0 amide bonds. The number of aliphatic hydroxyl groups is 1. The third-order valence-electron chi connectivity index (χ3n) is 4.68. The topological polar surface area (TPSA) is 35.9 Å². The fourth-order valence-corrected chi connectivity index (χ4v) is 3.34. The maximum atomic E-state index is 10.2. The van der Waals surface area contributed by atoms with Gasteiger partial charge in [0.2, 0.25) is 0 Å². The summed E-state index contributed by atoms with van der Waals surface area (Å²) < 4.78 is 5.63. The molecular formula is C21H27ClN2O2. The number of aliphatic hydroxyl groups excluding tert-OH is 1. The van der Waals surface area contributed by atoms with Crippen LogP contribution in [0.3, 0.4) is 0 Å². The highest BCUT2D eigenvalue weighted by Crippen LogP contribution is 2.11. The van der Waals surface area contributed by atoms with E-state index in [2.05, 4.69) is 40.1 Å². The van der Waals surface area contributed by atoms with E-state index in [1.165, 1.54) is 5.56 Å². The molecule has 1 heterocycles. The van der Waals surface area contributed by atoms with Crippen LogP contribution in [0.1, 0.15) is 11.1 Å². The zero-order chi connectivity index (χ0) is 18.2. The van der Waals surface area contributed by atoms with Gasteiger partial charge in [-0.1, -0.05) is 54.1 Å². The van der Waals surface area contributed by atoms with Crippen LogP contribution in [0.2, 0.25) is 5.02 Å². The van der Waals surface area contributed by atoms with Crippen LogP contribution in [-0.2, 0) is 17.9 Å². The van der Waals surface area contributed by atoms with Crippen LogP contribution < -0.4 is 0 Å². The van der Waals surface area contributed by atoms with E-state index < -0.39 is 6.10 Å². The summed E-state index contributed by atoms with van der Waals surface area (Å²) in [5.41, 5.74) is 2.42. The Hall–Kier alpha value is -1.43. The largest absolute Gasteiger partial charge is 0.389 e. The highest BCUT2D eigenvalue weighted by atomic mass is 35.5. The molecule has 1 atom stereocenters. The van der Waals surface area contributed by atoms with Gasteiger partial charge in [-0.2, -0.15) is 0 Å². The van der Waals surface area contributed by atoms with Crippen molar-refractivity contribution in [3.8, 4) is 0 Å². The van der Waals surface area contributed by atoms with Gasteiger partial charge in [0.25, 0.3) is 0 Å². The van der Waals surface area contributed by atoms with Gasteiger partial charge in [-0.05, 0) is 23.3 Å². The maximum absolute atomic E-state index is 10.2. The van der Waals surface area contributed by atoms with Crippen LogP contribution in [0.4, 0.5) is 0 Å². The summed E-state index contributed by atoms with van der Waals surface area (Å²) in [6.45, 7) is 6.57. The normalized spacial score (nSPS) is 17.3. The molecule has 2 aromatic carbocycles. The van der Waals surface area contributed by atoms with Crippen molar-refractivity contribution < 1.29 is 9.84 Å². The Bertz CT molecular complexity index is 643. The lowest BCUT2D eigenvalue weighted by Crippen LogP contribution is -2.48. The Morgan fingerprint density at radius 2 is 1.54 bits per heavy atom. The minimum absolute atomic E-state index is 0.354. The van der Waals surface area contributed by atoms with Crippen molar-refractivity contribution in [2.45, 2.75) is 19.3 Å². The molecule has 0 radical (unpaired) electrons. The SMILES string of the molecule is OC(COCc1ccc(Cl)cc1)CN1CCN(Cc2ccccc2)CC1. The lowest BCUT2D eigenvalue weighted by molar-refractivity contribution is 0.000878. The Balaban J connectivity index is 1.31. The average Bonchev–Trinajstić information content (AvgIpc) is 2.66. The first kappa shape index (κ1) is 19.3. The number of nitrogens with zero attached hydrogens (tertiary/aromatic N) is 2. The van der Waals surface area contributed by atoms with Crippen molar-refractivity contribution in [1.29, 1.82) is 0 Å². The van der Waals surface area contributed by atoms with Crippen molar-refractivity contribution in [2.24, 2.45) is 0 Å². The van der Waals surface area contributed by atoms with Crippen LogP contribution in [0.15, 0.2) is 54.6 Å². The van der Waals surface area contributed by atoms with Gasteiger partial charge >= 0.3 is 0 Å². The molecule has 1 aliphatic heterocycles. The van der Waals surface area contributed by atoms with Crippen molar-refractivity contribution in [2.75, 3.05) is 39.3 Å². The zero-order valence-electron chi connectivity index (χ0n) is 15.1. The molecule has 26 heavy (non-hydrogen) atoms. The van der Waals surface area contributed by atoms with E-state index >= 15 is 0 Å². The summed E-state index contributed by atoms with van der Waals surface area (Å²) in [6.07, 6.45) is -0.456. The number of hydrogen-bond acceptors (Lipinski definition) is 4. The molecule has 0 saturated carbocycles. The van der Waals surface area contributed by atoms with Crippen molar-refractivity contribution in [3.63, 3.8) is 0 Å². The molecular weight excluding hydrogens is 348 g/mol. The zero-order valence-corrected chi connectivity index (χ0v) is 15.8. The van der Waals surface area contributed by atoms with E-state index in [9.17, 15) is 5.11 Å². The molecule has 5 heteroatoms. The lowest BCUT2D eigenvalue weighted by atomic mass is 10.2. The Kier molecular flexibility index (Phi) is 7.47. The smallest absolute Gasteiger partial charge is 0.0900 e. The number of piperazine rings is 1. The molecule has 3 rings (SSSR count). The molecule has 0 spiro atoms. The maximum Gasteiger partial charge on any atom is 0.0900 e. The van der Waals surface area contributed by atoms with Gasteiger partial charge < -0.3 is 9.84 Å². The van der Waals surface area contributed by atoms with Gasteiger partial charge in [0.15, 0.2) is 0 Å². The average molecular weight is 375 g/mol. The van der Waals surface area contributed by atoms with E-state index in [1.54, 1.807) is 0 Å². The van der Waals surface area contributed by atoms with Crippen LogP contribution >= 0.6 is 11.6 Å². The fourth-order valence-electron chi connectivity index (χ4n) is 3.22. The summed E-state index contributed by atoms with van der Waals surface area (Å²) in [7, 11) is 0. The summed E-state index contributed by atoms with van der Waals surface area (Å²) in [6, 6.07) is 18.2. The van der Waals surface area contributed by atoms with E-state index in [1.807, 2.05) is 24.3 Å². The number of rotatable bonds is 8. The molecule has 1 N–H and O–H groups in total. The second-order valence-corrected chi connectivity index (χ2v) is 7.29. The second kappa shape index (κ2) is 10.0. The summed E-state index contributed by atoms with van der Waals surface area (Å²) in [4.78, 5) is 4.78. The number of hydrogen-bond donors (Lipinski definition) is 1. The molecule has 0 aromatic heterocycles. The van der Waals surface area contributed by atoms with Crippen molar-refractivity contribution >= 4 is 11.6 Å². The van der Waals surface area contributed by atoms with Crippen molar-refractivity contribution in [3.05, 3.63) is 70.7 Å². The highest BCUT2D eigenvalue weighted by Gasteiger charge is 2.19. The minimum Gasteiger partial charge on any atom is -0.389 e. The predicted molar refractivity (Wildman–Crippen MR) is 105 cm³/mol. The Labute approximate surface area is 160 Å². The first-order valence-corrected chi connectivity index (χ1v) is 9.56. The molecule has 1 saturated heterocycles. The molecule has 1 unspecified atom stereocenters. The first-order chi connectivity index (χ1) is 12.7.